The van der Waals surface area contributed by atoms with E-state index in [9.17, 15) is 14.7 Å². The predicted octanol–water partition coefficient (Wildman–Crippen LogP) is 3.48. The van der Waals surface area contributed by atoms with Crippen LogP contribution in [-0.2, 0) is 17.8 Å². The number of carbonyl (C=O) groups excluding carboxylic acids is 1. The summed E-state index contributed by atoms with van der Waals surface area (Å²) in [4.78, 5) is 26.1. The summed E-state index contributed by atoms with van der Waals surface area (Å²) in [7, 11) is 3.78. The number of esters is 1. The van der Waals surface area contributed by atoms with Gasteiger partial charge in [-0.1, -0.05) is 13.0 Å². The number of anilines is 1. The molecular weight excluding hydrogens is 346 g/mol. The Kier molecular flexibility index (Phi) is 5.16. The van der Waals surface area contributed by atoms with E-state index in [0.29, 0.717) is 22.9 Å². The molecule has 0 aliphatic rings. The third-order valence-corrected chi connectivity index (χ3v) is 4.37. The van der Waals surface area contributed by atoms with Crippen LogP contribution in [0, 0.1) is 0 Å². The molecule has 0 radical (unpaired) electrons. The van der Waals surface area contributed by atoms with Gasteiger partial charge in [-0.3, -0.25) is 0 Å². The van der Waals surface area contributed by atoms with Gasteiger partial charge in [0.25, 0.3) is 0 Å². The van der Waals surface area contributed by atoms with Crippen molar-refractivity contribution in [2.45, 2.75) is 20.0 Å². The molecule has 0 amide bonds. The van der Waals surface area contributed by atoms with Gasteiger partial charge in [0.05, 0.1) is 5.56 Å². The van der Waals surface area contributed by atoms with E-state index in [2.05, 4.69) is 0 Å². The fourth-order valence-electron chi connectivity index (χ4n) is 2.85. The second-order valence-electron chi connectivity index (χ2n) is 6.44. The average molecular weight is 367 g/mol. The zero-order chi connectivity index (χ0) is 19.6. The molecule has 0 aliphatic carbocycles. The Hall–Kier alpha value is -3.28. The molecule has 3 aromatic rings. The largest absolute Gasteiger partial charge is 0.508 e. The minimum Gasteiger partial charge on any atom is -0.508 e. The first-order chi connectivity index (χ1) is 12.9. The van der Waals surface area contributed by atoms with E-state index in [1.165, 1.54) is 12.1 Å². The topological polar surface area (TPSA) is 80.0 Å². The highest BCUT2D eigenvalue weighted by molar-refractivity contribution is 5.91. The zero-order valence-corrected chi connectivity index (χ0v) is 15.5. The van der Waals surface area contributed by atoms with Crippen LogP contribution in [0.2, 0.25) is 0 Å². The van der Waals surface area contributed by atoms with Crippen LogP contribution in [0.15, 0.2) is 51.7 Å². The first kappa shape index (κ1) is 18.5. The Labute approximate surface area is 156 Å². The van der Waals surface area contributed by atoms with E-state index in [4.69, 9.17) is 9.15 Å². The molecule has 0 spiro atoms. The van der Waals surface area contributed by atoms with Crippen LogP contribution in [-0.4, -0.2) is 25.2 Å². The molecule has 140 valence electrons. The molecular formula is C21H21NO5. The predicted molar refractivity (Wildman–Crippen MR) is 103 cm³/mol. The fraction of sp³-hybridized carbons (Fsp3) is 0.238. The molecule has 0 fully saturated rings. The Morgan fingerprint density at radius 1 is 1.15 bits per heavy atom. The van der Waals surface area contributed by atoms with Crippen molar-refractivity contribution in [1.29, 1.82) is 0 Å². The molecule has 0 unspecified atom stereocenters. The second kappa shape index (κ2) is 7.53. The molecule has 2 aromatic carbocycles. The number of fused-ring (bicyclic) bond motifs is 1. The number of aromatic hydroxyl groups is 1. The minimum absolute atomic E-state index is 0.0684. The molecule has 1 N–H and O–H groups in total. The summed E-state index contributed by atoms with van der Waals surface area (Å²) >= 11 is 0. The highest BCUT2D eigenvalue weighted by Gasteiger charge is 2.13. The number of nitrogens with zero attached hydrogens (tertiary/aromatic N) is 1. The SMILES string of the molecule is CCc1cc2c(COC(=O)c3cccc(N(C)C)c3)cc(=O)oc2cc1O. The maximum absolute atomic E-state index is 12.4. The molecule has 0 saturated carbocycles. The van der Waals surface area contributed by atoms with Crippen LogP contribution in [0.3, 0.4) is 0 Å². The van der Waals surface area contributed by atoms with Crippen molar-refractivity contribution in [3.8, 4) is 5.75 Å². The normalized spacial score (nSPS) is 10.8. The smallest absolute Gasteiger partial charge is 0.338 e. The number of phenols is 1. The maximum Gasteiger partial charge on any atom is 0.338 e. The molecule has 0 atom stereocenters. The zero-order valence-electron chi connectivity index (χ0n) is 15.5. The van der Waals surface area contributed by atoms with Gasteiger partial charge >= 0.3 is 11.6 Å². The lowest BCUT2D eigenvalue weighted by molar-refractivity contribution is 0.0474. The number of hydrogen-bond donors (Lipinski definition) is 1. The molecule has 1 heterocycles. The Balaban J connectivity index is 1.89. The Morgan fingerprint density at radius 2 is 1.93 bits per heavy atom. The van der Waals surface area contributed by atoms with E-state index in [1.807, 2.05) is 32.0 Å². The van der Waals surface area contributed by atoms with Gasteiger partial charge in [-0.15, -0.1) is 0 Å². The van der Waals surface area contributed by atoms with Gasteiger partial charge in [0, 0.05) is 42.9 Å². The molecule has 27 heavy (non-hydrogen) atoms. The van der Waals surface area contributed by atoms with Crippen LogP contribution >= 0.6 is 0 Å². The van der Waals surface area contributed by atoms with E-state index in [1.54, 1.807) is 24.3 Å². The molecule has 6 nitrogen and oxygen atoms in total. The van der Waals surface area contributed by atoms with E-state index in [0.717, 1.165) is 11.3 Å². The van der Waals surface area contributed by atoms with Gasteiger partial charge in [0.1, 0.15) is 17.9 Å². The van der Waals surface area contributed by atoms with Crippen molar-refractivity contribution >= 4 is 22.6 Å². The summed E-state index contributed by atoms with van der Waals surface area (Å²) in [5, 5.41) is 10.6. The van der Waals surface area contributed by atoms with Crippen LogP contribution in [0.5, 0.6) is 5.75 Å². The van der Waals surface area contributed by atoms with Crippen molar-refractivity contribution < 1.29 is 19.1 Å². The van der Waals surface area contributed by atoms with Gasteiger partial charge in [-0.05, 0) is 36.2 Å². The van der Waals surface area contributed by atoms with Crippen molar-refractivity contribution in [3.63, 3.8) is 0 Å². The van der Waals surface area contributed by atoms with Crippen molar-refractivity contribution in [1.82, 2.24) is 0 Å². The van der Waals surface area contributed by atoms with Crippen LogP contribution in [0.1, 0.15) is 28.4 Å². The summed E-state index contributed by atoms with van der Waals surface area (Å²) in [5.41, 5.74) is 2.28. The van der Waals surface area contributed by atoms with E-state index in [-0.39, 0.29) is 17.9 Å². The first-order valence-corrected chi connectivity index (χ1v) is 8.62. The van der Waals surface area contributed by atoms with Crippen molar-refractivity contribution in [2.75, 3.05) is 19.0 Å². The number of aryl methyl sites for hydroxylation is 1. The van der Waals surface area contributed by atoms with Crippen molar-refractivity contribution in [2.24, 2.45) is 0 Å². The Morgan fingerprint density at radius 3 is 2.63 bits per heavy atom. The minimum atomic E-state index is -0.563. The first-order valence-electron chi connectivity index (χ1n) is 8.62. The highest BCUT2D eigenvalue weighted by Crippen LogP contribution is 2.27. The molecule has 1 aromatic heterocycles. The second-order valence-corrected chi connectivity index (χ2v) is 6.44. The number of ether oxygens (including phenoxy) is 1. The summed E-state index contributed by atoms with van der Waals surface area (Å²) in [6.07, 6.45) is 0.622. The number of hydrogen-bond acceptors (Lipinski definition) is 6. The van der Waals surface area contributed by atoms with Gasteiger partial charge in [-0.25, -0.2) is 9.59 Å². The number of benzene rings is 2. The molecule has 3 rings (SSSR count). The van der Waals surface area contributed by atoms with Gasteiger partial charge in [0.2, 0.25) is 0 Å². The average Bonchev–Trinajstić information content (AvgIpc) is 2.65. The number of carbonyl (C=O) groups is 1. The lowest BCUT2D eigenvalue weighted by Crippen LogP contribution is -2.11. The van der Waals surface area contributed by atoms with Crippen molar-refractivity contribution in [3.05, 3.63) is 69.6 Å². The fourth-order valence-corrected chi connectivity index (χ4v) is 2.85. The lowest BCUT2D eigenvalue weighted by Gasteiger charge is -2.13. The summed E-state index contributed by atoms with van der Waals surface area (Å²) in [6, 6.07) is 11.6. The monoisotopic (exact) mass is 367 g/mol. The summed E-state index contributed by atoms with van der Waals surface area (Å²) < 4.78 is 10.6. The van der Waals surface area contributed by atoms with E-state index < -0.39 is 11.6 Å². The number of phenolic OH excluding ortho intramolecular Hbond substituents is 1. The summed E-state index contributed by atoms with van der Waals surface area (Å²) in [6.45, 7) is 1.85. The molecule has 0 bridgehead atoms. The van der Waals surface area contributed by atoms with Gasteiger partial charge < -0.3 is 19.2 Å². The van der Waals surface area contributed by atoms with Gasteiger partial charge in [0.15, 0.2) is 0 Å². The van der Waals surface area contributed by atoms with Crippen LogP contribution in [0.25, 0.3) is 11.0 Å². The maximum atomic E-state index is 12.4. The molecule has 6 heteroatoms. The Bertz CT molecular complexity index is 1050. The van der Waals surface area contributed by atoms with Crippen LogP contribution < -0.4 is 10.5 Å². The quantitative estimate of drug-likeness (QED) is 0.549. The summed E-state index contributed by atoms with van der Waals surface area (Å²) in [5.74, 6) is -0.405. The number of rotatable bonds is 5. The van der Waals surface area contributed by atoms with Gasteiger partial charge in [-0.2, -0.15) is 0 Å². The molecule has 0 saturated heterocycles. The lowest BCUT2D eigenvalue weighted by atomic mass is 10.0. The standard InChI is InChI=1S/C21H21NO5/c1-4-13-9-17-15(10-20(24)27-19(17)11-18(13)23)12-26-21(25)14-6-5-7-16(8-14)22(2)3/h5-11,23H,4,12H2,1-3H3. The van der Waals surface area contributed by atoms with E-state index >= 15 is 0 Å². The van der Waals surface area contributed by atoms with Crippen LogP contribution in [0.4, 0.5) is 5.69 Å². The molecule has 0 aliphatic heterocycles. The third kappa shape index (κ3) is 3.95. The highest BCUT2D eigenvalue weighted by atomic mass is 16.5. The third-order valence-electron chi connectivity index (χ3n) is 4.37.